The van der Waals surface area contributed by atoms with E-state index in [0.717, 1.165) is 0 Å². The van der Waals surface area contributed by atoms with Crippen molar-refractivity contribution >= 4 is 46.3 Å². The van der Waals surface area contributed by atoms with Crippen LogP contribution in [-0.2, 0) is 9.59 Å². The summed E-state index contributed by atoms with van der Waals surface area (Å²) in [7, 11) is 1.42. The van der Waals surface area contributed by atoms with Gasteiger partial charge in [0, 0.05) is 17.3 Å². The molecule has 9 heteroatoms. The number of anilines is 1. The number of aliphatic hydroxyl groups excluding tert-OH is 1. The van der Waals surface area contributed by atoms with Crippen molar-refractivity contribution in [3.63, 3.8) is 0 Å². The van der Waals surface area contributed by atoms with Crippen LogP contribution in [-0.4, -0.2) is 30.7 Å². The minimum Gasteiger partial charge on any atom is -0.507 e. The number of nitrogens with zero attached hydrogens (tertiary/aromatic N) is 1. The quantitative estimate of drug-likeness (QED) is 0.296. The number of amides is 1. The summed E-state index contributed by atoms with van der Waals surface area (Å²) in [5, 5.41) is 11.6. The Morgan fingerprint density at radius 1 is 1.00 bits per heavy atom. The van der Waals surface area contributed by atoms with Gasteiger partial charge in [-0.05, 0) is 29.8 Å². The number of methoxy groups -OCH3 is 1. The van der Waals surface area contributed by atoms with Crippen molar-refractivity contribution in [3.05, 3.63) is 87.4 Å². The molecular weight excluding hydrogens is 481 g/mol. The van der Waals surface area contributed by atoms with Crippen molar-refractivity contribution in [1.82, 2.24) is 0 Å². The first kappa shape index (κ1) is 22.1. The molecule has 0 aliphatic carbocycles. The Morgan fingerprint density at radius 3 is 2.35 bits per heavy atom. The van der Waals surface area contributed by atoms with Gasteiger partial charge in [0.2, 0.25) is 6.79 Å². The first-order valence-electron chi connectivity index (χ1n) is 10.2. The summed E-state index contributed by atoms with van der Waals surface area (Å²) in [5.41, 5.74) is 1.14. The van der Waals surface area contributed by atoms with Gasteiger partial charge in [-0.2, -0.15) is 0 Å². The Labute approximate surface area is 204 Å². The molecule has 1 unspecified atom stereocenters. The van der Waals surface area contributed by atoms with Crippen molar-refractivity contribution < 1.29 is 28.9 Å². The molecule has 1 saturated heterocycles. The minimum atomic E-state index is -0.902. The van der Waals surface area contributed by atoms with Crippen molar-refractivity contribution in [2.45, 2.75) is 6.04 Å². The topological polar surface area (TPSA) is 85.3 Å². The van der Waals surface area contributed by atoms with Crippen LogP contribution >= 0.6 is 23.2 Å². The summed E-state index contributed by atoms with van der Waals surface area (Å²) in [6, 6.07) is 15.9. The first-order valence-corrected chi connectivity index (χ1v) is 10.9. The molecular formula is C25H17Cl2NO6. The molecule has 34 heavy (non-hydrogen) atoms. The minimum absolute atomic E-state index is 0.0682. The van der Waals surface area contributed by atoms with E-state index >= 15 is 0 Å². The zero-order valence-corrected chi connectivity index (χ0v) is 19.3. The lowest BCUT2D eigenvalue weighted by Gasteiger charge is -2.25. The Morgan fingerprint density at radius 2 is 1.68 bits per heavy atom. The molecule has 2 aliphatic heterocycles. The predicted molar refractivity (Wildman–Crippen MR) is 127 cm³/mol. The highest BCUT2D eigenvalue weighted by Crippen LogP contribution is 2.45. The molecule has 0 radical (unpaired) electrons. The number of hydrogen-bond acceptors (Lipinski definition) is 6. The summed E-state index contributed by atoms with van der Waals surface area (Å²) in [6.45, 7) is 0.0682. The van der Waals surface area contributed by atoms with Crippen molar-refractivity contribution in [1.29, 1.82) is 0 Å². The van der Waals surface area contributed by atoms with E-state index in [9.17, 15) is 14.7 Å². The van der Waals surface area contributed by atoms with Crippen LogP contribution in [0.25, 0.3) is 5.76 Å². The highest BCUT2D eigenvalue weighted by atomic mass is 35.5. The number of Topliss-reactive ketones (excluding diaryl/α,β-unsaturated/α-hetero) is 1. The lowest BCUT2D eigenvalue weighted by molar-refractivity contribution is -0.132. The molecule has 7 nitrogen and oxygen atoms in total. The molecule has 2 aliphatic rings. The normalized spacial score (nSPS) is 18.4. The lowest BCUT2D eigenvalue weighted by Crippen LogP contribution is -2.29. The fourth-order valence-corrected chi connectivity index (χ4v) is 4.77. The SMILES string of the molecule is COc1c(Cl)cc(/C(O)=C2\C(=O)C(=O)N(c3ccc4c(c3)OCO4)C2c2ccccc2)cc1Cl. The Hall–Kier alpha value is -3.68. The summed E-state index contributed by atoms with van der Waals surface area (Å²) >= 11 is 12.5. The van der Waals surface area contributed by atoms with Gasteiger partial charge in [0.25, 0.3) is 11.7 Å². The smallest absolute Gasteiger partial charge is 0.300 e. The van der Waals surface area contributed by atoms with Gasteiger partial charge in [-0.1, -0.05) is 53.5 Å². The largest absolute Gasteiger partial charge is 0.507 e. The van der Waals surface area contributed by atoms with Gasteiger partial charge in [-0.15, -0.1) is 0 Å². The fourth-order valence-electron chi connectivity index (χ4n) is 4.13. The van der Waals surface area contributed by atoms with Crippen LogP contribution < -0.4 is 19.1 Å². The van der Waals surface area contributed by atoms with Crippen molar-refractivity contribution in [3.8, 4) is 17.2 Å². The lowest BCUT2D eigenvalue weighted by atomic mass is 9.95. The molecule has 0 spiro atoms. The fraction of sp³-hybridized carbons (Fsp3) is 0.120. The van der Waals surface area contributed by atoms with Crippen molar-refractivity contribution in [2.75, 3.05) is 18.8 Å². The van der Waals surface area contributed by atoms with Crippen LogP contribution in [0.2, 0.25) is 10.0 Å². The van der Waals surface area contributed by atoms with E-state index in [4.69, 9.17) is 37.4 Å². The third kappa shape index (κ3) is 3.54. The molecule has 172 valence electrons. The van der Waals surface area contributed by atoms with Gasteiger partial charge in [0.15, 0.2) is 17.2 Å². The summed E-state index contributed by atoms with van der Waals surface area (Å²) < 4.78 is 16.0. The Bertz CT molecular complexity index is 1330. The average molecular weight is 498 g/mol. The third-order valence-electron chi connectivity index (χ3n) is 5.67. The van der Waals surface area contributed by atoms with Crippen molar-refractivity contribution in [2.24, 2.45) is 0 Å². The molecule has 0 aromatic heterocycles. The summed E-state index contributed by atoms with van der Waals surface area (Å²) in [5.74, 6) is -0.798. The Balaban J connectivity index is 1.70. The summed E-state index contributed by atoms with van der Waals surface area (Å²) in [4.78, 5) is 27.8. The maximum atomic E-state index is 13.3. The molecule has 1 N–H and O–H groups in total. The number of aliphatic hydroxyl groups is 1. The number of fused-ring (bicyclic) bond motifs is 1. The monoisotopic (exact) mass is 497 g/mol. The third-order valence-corrected chi connectivity index (χ3v) is 6.23. The molecule has 5 rings (SSSR count). The highest BCUT2D eigenvalue weighted by molar-refractivity contribution is 6.51. The first-order chi connectivity index (χ1) is 16.4. The number of rotatable bonds is 4. The van der Waals surface area contributed by atoms with Crippen LogP contribution in [0, 0.1) is 0 Å². The number of carbonyl (C=O) groups excluding carboxylic acids is 2. The number of ether oxygens (including phenoxy) is 3. The van der Waals surface area contributed by atoms with Gasteiger partial charge in [-0.3, -0.25) is 14.5 Å². The van der Waals surface area contributed by atoms with E-state index in [0.29, 0.717) is 22.7 Å². The van der Waals surface area contributed by atoms with Crippen LogP contribution in [0.1, 0.15) is 17.2 Å². The van der Waals surface area contributed by atoms with Gasteiger partial charge in [0.1, 0.15) is 5.76 Å². The van der Waals surface area contributed by atoms with Gasteiger partial charge < -0.3 is 19.3 Å². The van der Waals surface area contributed by atoms with Crippen LogP contribution in [0.3, 0.4) is 0 Å². The number of ketones is 1. The zero-order chi connectivity index (χ0) is 24.0. The maximum absolute atomic E-state index is 13.3. The van der Waals surface area contributed by atoms with E-state index in [1.165, 1.54) is 24.1 Å². The molecule has 1 atom stereocenters. The Kier molecular flexibility index (Phi) is 5.59. The van der Waals surface area contributed by atoms with E-state index in [1.807, 2.05) is 6.07 Å². The standard InChI is InChI=1S/C25H17Cl2NO6/c1-32-24-16(26)9-14(10-17(24)27)22(29)20-21(13-5-3-2-4-6-13)28(25(31)23(20)30)15-7-8-18-19(11-15)34-12-33-18/h2-11,21,29H,12H2,1H3/b22-20+. The number of halogens is 2. The van der Waals surface area contributed by atoms with E-state index < -0.39 is 23.5 Å². The van der Waals surface area contributed by atoms with Gasteiger partial charge in [-0.25, -0.2) is 0 Å². The van der Waals surface area contributed by atoms with Gasteiger partial charge >= 0.3 is 0 Å². The molecule has 0 saturated carbocycles. The maximum Gasteiger partial charge on any atom is 0.300 e. The molecule has 3 aromatic rings. The molecule has 1 amide bonds. The summed E-state index contributed by atoms with van der Waals surface area (Å²) in [6.07, 6.45) is 0. The molecule has 3 aromatic carbocycles. The number of hydrogen-bond donors (Lipinski definition) is 1. The second-order valence-electron chi connectivity index (χ2n) is 7.59. The van der Waals surface area contributed by atoms with Crippen LogP contribution in [0.4, 0.5) is 5.69 Å². The second kappa shape index (κ2) is 8.59. The zero-order valence-electron chi connectivity index (χ0n) is 17.7. The molecule has 0 bridgehead atoms. The van der Waals surface area contributed by atoms with E-state index in [-0.39, 0.29) is 33.7 Å². The van der Waals surface area contributed by atoms with E-state index in [2.05, 4.69) is 0 Å². The number of benzene rings is 3. The highest BCUT2D eigenvalue weighted by Gasteiger charge is 2.47. The van der Waals surface area contributed by atoms with Crippen LogP contribution in [0.5, 0.6) is 17.2 Å². The second-order valence-corrected chi connectivity index (χ2v) is 8.40. The molecule has 1 fully saturated rings. The predicted octanol–water partition coefficient (Wildman–Crippen LogP) is 5.36. The van der Waals surface area contributed by atoms with Crippen LogP contribution in [0.15, 0.2) is 66.2 Å². The molecule has 2 heterocycles. The van der Waals surface area contributed by atoms with E-state index in [1.54, 1.807) is 42.5 Å². The van der Waals surface area contributed by atoms with Gasteiger partial charge in [0.05, 0.1) is 28.8 Å². The number of carbonyl (C=O) groups is 2. The average Bonchev–Trinajstić information content (AvgIpc) is 3.41.